The fourth-order valence-corrected chi connectivity index (χ4v) is 1.87. The first kappa shape index (κ1) is 20.8. The summed E-state index contributed by atoms with van der Waals surface area (Å²) in [6.07, 6.45) is -1.09. The molecule has 2 aromatic heterocycles. The Morgan fingerprint density at radius 3 is 2.57 bits per heavy atom. The lowest BCUT2D eigenvalue weighted by Crippen LogP contribution is -2.12. The minimum atomic E-state index is -4.69. The van der Waals surface area contributed by atoms with Crippen molar-refractivity contribution in [1.82, 2.24) is 19.7 Å². The van der Waals surface area contributed by atoms with Crippen molar-refractivity contribution in [1.29, 1.82) is 0 Å². The van der Waals surface area contributed by atoms with Crippen LogP contribution in [0, 0.1) is 0 Å². The lowest BCUT2D eigenvalue weighted by atomic mass is 10.2. The summed E-state index contributed by atoms with van der Waals surface area (Å²) in [5, 5.41) is 3.95. The SMILES string of the molecule is C=CC(=O)OC(=O)C=Cn1cnc(-c2cc(OC(C)C)nc(C(F)(F)F)c2)n1. The van der Waals surface area contributed by atoms with E-state index in [2.05, 4.69) is 26.4 Å². The number of alkyl halides is 3. The fraction of sp³-hybridized carbons (Fsp3) is 0.235. The quantitative estimate of drug-likeness (QED) is 0.421. The Bertz CT molecular complexity index is 919. The van der Waals surface area contributed by atoms with Crippen LogP contribution in [0.15, 0.2) is 37.2 Å². The molecule has 0 saturated heterocycles. The minimum absolute atomic E-state index is 0.0227. The first-order valence-corrected chi connectivity index (χ1v) is 7.82. The summed E-state index contributed by atoms with van der Waals surface area (Å²) in [7, 11) is 0. The summed E-state index contributed by atoms with van der Waals surface area (Å²) in [5.41, 5.74) is -1.13. The molecule has 28 heavy (non-hydrogen) atoms. The molecule has 0 aliphatic rings. The van der Waals surface area contributed by atoms with E-state index in [4.69, 9.17) is 4.74 Å². The van der Waals surface area contributed by atoms with Crippen molar-refractivity contribution in [3.63, 3.8) is 0 Å². The standard InChI is InChI=1S/C17H15F3N4O4/c1-4-14(25)28-15(26)5-6-24-9-21-16(23-24)11-7-12(17(18,19)20)22-13(8-11)27-10(2)3/h4-10H,1H2,2-3H3. The van der Waals surface area contributed by atoms with Gasteiger partial charge in [0.1, 0.15) is 12.0 Å². The number of pyridine rings is 1. The van der Waals surface area contributed by atoms with Crippen LogP contribution in [-0.4, -0.2) is 37.8 Å². The van der Waals surface area contributed by atoms with Crippen LogP contribution in [0.1, 0.15) is 19.5 Å². The van der Waals surface area contributed by atoms with Gasteiger partial charge in [-0.1, -0.05) is 6.58 Å². The Morgan fingerprint density at radius 2 is 1.96 bits per heavy atom. The van der Waals surface area contributed by atoms with E-state index in [9.17, 15) is 22.8 Å². The minimum Gasteiger partial charge on any atom is -0.475 e. The molecule has 8 nitrogen and oxygen atoms in total. The molecule has 0 radical (unpaired) electrons. The van der Waals surface area contributed by atoms with E-state index in [0.29, 0.717) is 0 Å². The van der Waals surface area contributed by atoms with Gasteiger partial charge >= 0.3 is 18.1 Å². The van der Waals surface area contributed by atoms with E-state index in [1.165, 1.54) is 6.07 Å². The predicted molar refractivity (Wildman–Crippen MR) is 90.6 cm³/mol. The molecular weight excluding hydrogens is 381 g/mol. The summed E-state index contributed by atoms with van der Waals surface area (Å²) < 4.78 is 49.9. The van der Waals surface area contributed by atoms with Gasteiger partial charge < -0.3 is 9.47 Å². The first-order valence-electron chi connectivity index (χ1n) is 7.82. The number of rotatable bonds is 6. The molecular formula is C17H15F3N4O4. The van der Waals surface area contributed by atoms with Gasteiger partial charge in [-0.3, -0.25) is 0 Å². The second kappa shape index (κ2) is 8.46. The summed E-state index contributed by atoms with van der Waals surface area (Å²) in [6, 6.07) is 2.06. The van der Waals surface area contributed by atoms with E-state index in [1.807, 2.05) is 0 Å². The number of carbonyl (C=O) groups is 2. The molecule has 0 spiro atoms. The maximum absolute atomic E-state index is 13.1. The molecule has 2 heterocycles. The Balaban J connectivity index is 2.29. The highest BCUT2D eigenvalue weighted by molar-refractivity contribution is 5.97. The molecule has 0 N–H and O–H groups in total. The van der Waals surface area contributed by atoms with Crippen LogP contribution in [0.5, 0.6) is 5.88 Å². The van der Waals surface area contributed by atoms with Crippen molar-refractivity contribution >= 4 is 18.1 Å². The third kappa shape index (κ3) is 5.76. The van der Waals surface area contributed by atoms with Crippen molar-refractivity contribution < 1.29 is 32.2 Å². The highest BCUT2D eigenvalue weighted by Gasteiger charge is 2.34. The zero-order valence-electron chi connectivity index (χ0n) is 14.8. The summed E-state index contributed by atoms with van der Waals surface area (Å²) >= 11 is 0. The number of nitrogens with zero attached hydrogens (tertiary/aromatic N) is 4. The molecule has 0 fully saturated rings. The molecule has 0 unspecified atom stereocenters. The summed E-state index contributed by atoms with van der Waals surface area (Å²) in [4.78, 5) is 29.6. The van der Waals surface area contributed by atoms with Crippen LogP contribution in [0.4, 0.5) is 13.2 Å². The number of ether oxygens (including phenoxy) is 2. The van der Waals surface area contributed by atoms with Crippen LogP contribution in [-0.2, 0) is 20.5 Å². The Labute approximate surface area is 157 Å². The van der Waals surface area contributed by atoms with Crippen LogP contribution in [0.25, 0.3) is 17.6 Å². The Hall–Kier alpha value is -3.50. The second-order valence-electron chi connectivity index (χ2n) is 5.55. The lowest BCUT2D eigenvalue weighted by molar-refractivity contribution is -0.152. The van der Waals surface area contributed by atoms with E-state index in [1.54, 1.807) is 13.8 Å². The third-order valence-corrected chi connectivity index (χ3v) is 2.95. The van der Waals surface area contributed by atoms with E-state index in [-0.39, 0.29) is 23.4 Å². The molecule has 0 saturated carbocycles. The van der Waals surface area contributed by atoms with Gasteiger partial charge in [0.05, 0.1) is 6.10 Å². The number of esters is 2. The maximum Gasteiger partial charge on any atom is 0.433 e. The van der Waals surface area contributed by atoms with Crippen LogP contribution < -0.4 is 4.74 Å². The van der Waals surface area contributed by atoms with Gasteiger partial charge in [-0.05, 0) is 19.9 Å². The lowest BCUT2D eigenvalue weighted by Gasteiger charge is -2.12. The van der Waals surface area contributed by atoms with Gasteiger partial charge in [0.25, 0.3) is 0 Å². The van der Waals surface area contributed by atoms with Gasteiger partial charge in [-0.25, -0.2) is 24.2 Å². The van der Waals surface area contributed by atoms with E-state index >= 15 is 0 Å². The van der Waals surface area contributed by atoms with E-state index in [0.717, 1.165) is 35.4 Å². The van der Waals surface area contributed by atoms with Crippen molar-refractivity contribution in [3.8, 4) is 17.3 Å². The van der Waals surface area contributed by atoms with Gasteiger partial charge in [-0.2, -0.15) is 13.2 Å². The summed E-state index contributed by atoms with van der Waals surface area (Å²) in [5.74, 6) is -2.18. The van der Waals surface area contributed by atoms with Crippen LogP contribution in [0.2, 0.25) is 0 Å². The topological polar surface area (TPSA) is 96.2 Å². The monoisotopic (exact) mass is 396 g/mol. The average molecular weight is 396 g/mol. The number of hydrogen-bond donors (Lipinski definition) is 0. The Morgan fingerprint density at radius 1 is 1.25 bits per heavy atom. The second-order valence-corrected chi connectivity index (χ2v) is 5.55. The fourth-order valence-electron chi connectivity index (χ4n) is 1.87. The molecule has 148 valence electrons. The van der Waals surface area contributed by atoms with E-state index < -0.39 is 23.8 Å². The third-order valence-electron chi connectivity index (χ3n) is 2.95. The molecule has 0 aromatic carbocycles. The van der Waals surface area contributed by atoms with Gasteiger partial charge in [-0.15, -0.1) is 5.10 Å². The highest BCUT2D eigenvalue weighted by atomic mass is 19.4. The predicted octanol–water partition coefficient (Wildman–Crippen LogP) is 2.87. The Kier molecular flexibility index (Phi) is 6.29. The van der Waals surface area contributed by atoms with Gasteiger partial charge in [0.2, 0.25) is 5.88 Å². The molecule has 0 aliphatic heterocycles. The molecule has 11 heteroatoms. The number of carbonyl (C=O) groups excluding carboxylic acids is 2. The maximum atomic E-state index is 13.1. The van der Waals surface area contributed by atoms with Crippen molar-refractivity contribution in [2.75, 3.05) is 0 Å². The van der Waals surface area contributed by atoms with Crippen molar-refractivity contribution in [2.24, 2.45) is 0 Å². The zero-order chi connectivity index (χ0) is 20.9. The zero-order valence-corrected chi connectivity index (χ0v) is 14.8. The molecule has 0 atom stereocenters. The molecule has 2 rings (SSSR count). The smallest absolute Gasteiger partial charge is 0.433 e. The molecule has 0 amide bonds. The largest absolute Gasteiger partial charge is 0.475 e. The normalized spacial score (nSPS) is 11.6. The van der Waals surface area contributed by atoms with Crippen LogP contribution in [0.3, 0.4) is 0 Å². The number of hydrogen-bond acceptors (Lipinski definition) is 7. The van der Waals surface area contributed by atoms with Gasteiger partial charge in [0, 0.05) is 30.0 Å². The van der Waals surface area contributed by atoms with Gasteiger partial charge in [0.15, 0.2) is 5.82 Å². The van der Waals surface area contributed by atoms with Crippen molar-refractivity contribution in [3.05, 3.63) is 42.9 Å². The molecule has 0 aliphatic carbocycles. The first-order chi connectivity index (χ1) is 13.1. The molecule has 0 bridgehead atoms. The summed E-state index contributed by atoms with van der Waals surface area (Å²) in [6.45, 7) is 6.44. The molecule has 2 aromatic rings. The number of halogens is 3. The number of aromatic nitrogens is 4. The van der Waals surface area contributed by atoms with Crippen molar-refractivity contribution in [2.45, 2.75) is 26.1 Å². The van der Waals surface area contributed by atoms with Crippen LogP contribution >= 0.6 is 0 Å². The highest BCUT2D eigenvalue weighted by Crippen LogP contribution is 2.32. The average Bonchev–Trinajstić information content (AvgIpc) is 3.07.